The summed E-state index contributed by atoms with van der Waals surface area (Å²) in [6.45, 7) is 0.639. The Hall–Kier alpha value is -4.26. The topological polar surface area (TPSA) is 80.6 Å². The Kier molecular flexibility index (Phi) is 4.75. The van der Waals surface area contributed by atoms with E-state index in [2.05, 4.69) is 37.7 Å². The van der Waals surface area contributed by atoms with Crippen LogP contribution in [0.25, 0.3) is 16.9 Å². The number of hydrogen-bond donors (Lipinski definition) is 2. The first kappa shape index (κ1) is 17.8. The number of nitrogens with one attached hydrogen (secondary N) is 2. The van der Waals surface area contributed by atoms with E-state index in [0.717, 1.165) is 28.1 Å². The molecule has 7 nitrogen and oxygen atoms in total. The molecular weight excluding hydrogens is 374 g/mol. The molecule has 0 fully saturated rings. The summed E-state index contributed by atoms with van der Waals surface area (Å²) >= 11 is 0. The molecule has 3 aromatic heterocycles. The van der Waals surface area contributed by atoms with Crippen LogP contribution in [0.4, 0.5) is 17.5 Å². The van der Waals surface area contributed by atoms with Gasteiger partial charge in [0, 0.05) is 30.3 Å². The molecule has 146 valence electrons. The van der Waals surface area contributed by atoms with Crippen molar-refractivity contribution < 1.29 is 0 Å². The van der Waals surface area contributed by atoms with Crippen molar-refractivity contribution in [3.05, 3.63) is 97.1 Å². The minimum atomic E-state index is 0.488. The smallest absolute Gasteiger partial charge is 0.231 e. The van der Waals surface area contributed by atoms with E-state index >= 15 is 0 Å². The maximum atomic E-state index is 4.74. The lowest BCUT2D eigenvalue weighted by Crippen LogP contribution is -2.06. The molecule has 3 heterocycles. The molecule has 0 aliphatic heterocycles. The zero-order chi connectivity index (χ0) is 20.2. The Balaban J connectivity index is 1.57. The second kappa shape index (κ2) is 8.00. The van der Waals surface area contributed by atoms with Crippen LogP contribution in [0.2, 0.25) is 0 Å². The number of pyridine rings is 1. The van der Waals surface area contributed by atoms with Crippen molar-refractivity contribution in [1.82, 2.24) is 24.5 Å². The van der Waals surface area contributed by atoms with Gasteiger partial charge in [-0.2, -0.15) is 9.97 Å². The zero-order valence-electron chi connectivity index (χ0n) is 16.1. The van der Waals surface area contributed by atoms with Crippen molar-refractivity contribution in [3.8, 4) is 5.69 Å². The summed E-state index contributed by atoms with van der Waals surface area (Å²) in [7, 11) is 0. The number of rotatable bonds is 6. The van der Waals surface area contributed by atoms with Crippen LogP contribution in [0, 0.1) is 0 Å². The van der Waals surface area contributed by atoms with E-state index in [4.69, 9.17) is 4.98 Å². The summed E-state index contributed by atoms with van der Waals surface area (Å²) < 4.78 is 1.96. The van der Waals surface area contributed by atoms with Gasteiger partial charge in [-0.25, -0.2) is 4.98 Å². The molecule has 0 unspecified atom stereocenters. The van der Waals surface area contributed by atoms with Crippen molar-refractivity contribution in [1.29, 1.82) is 0 Å². The highest BCUT2D eigenvalue weighted by Crippen LogP contribution is 2.25. The van der Waals surface area contributed by atoms with E-state index in [9.17, 15) is 0 Å². The van der Waals surface area contributed by atoms with E-state index < -0.39 is 0 Å². The summed E-state index contributed by atoms with van der Waals surface area (Å²) in [5.41, 5.74) is 4.46. The molecule has 30 heavy (non-hydrogen) atoms. The van der Waals surface area contributed by atoms with Crippen LogP contribution in [-0.4, -0.2) is 24.5 Å². The van der Waals surface area contributed by atoms with Crippen molar-refractivity contribution in [3.63, 3.8) is 0 Å². The molecule has 0 radical (unpaired) electrons. The fourth-order valence-electron chi connectivity index (χ4n) is 3.20. The Morgan fingerprint density at radius 1 is 0.800 bits per heavy atom. The first-order chi connectivity index (χ1) is 14.9. The van der Waals surface area contributed by atoms with Gasteiger partial charge in [-0.05, 0) is 29.8 Å². The lowest BCUT2D eigenvalue weighted by molar-refractivity contribution is 1.06. The fourth-order valence-corrected chi connectivity index (χ4v) is 3.20. The highest BCUT2D eigenvalue weighted by atomic mass is 15.2. The number of aromatic nitrogens is 5. The fraction of sp³-hybridized carbons (Fsp3) is 0.0435. The van der Waals surface area contributed by atoms with Crippen LogP contribution < -0.4 is 10.6 Å². The molecule has 0 amide bonds. The van der Waals surface area contributed by atoms with Crippen molar-refractivity contribution in [2.45, 2.75) is 6.54 Å². The molecule has 2 aromatic carbocycles. The minimum absolute atomic E-state index is 0.488. The molecule has 2 N–H and O–H groups in total. The average molecular weight is 393 g/mol. The van der Waals surface area contributed by atoms with E-state index in [-0.39, 0.29) is 0 Å². The van der Waals surface area contributed by atoms with Crippen LogP contribution in [0.1, 0.15) is 5.56 Å². The summed E-state index contributed by atoms with van der Waals surface area (Å²) in [6, 6.07) is 24.0. The molecule has 0 aliphatic carbocycles. The van der Waals surface area contributed by atoms with Crippen LogP contribution in [0.15, 0.2) is 91.5 Å². The van der Waals surface area contributed by atoms with Crippen molar-refractivity contribution >= 4 is 28.6 Å². The second-order valence-electron chi connectivity index (χ2n) is 6.72. The Bertz CT molecular complexity index is 1250. The van der Waals surface area contributed by atoms with Gasteiger partial charge in [0.15, 0.2) is 17.0 Å². The monoisotopic (exact) mass is 393 g/mol. The number of benzene rings is 2. The SMILES string of the molecule is c1ccc(CNc2nc(Nc3ccncc3)nc3c2ncn3-c2ccccc2)cc1. The number of anilines is 3. The first-order valence-corrected chi connectivity index (χ1v) is 9.62. The standard InChI is InChI=1S/C23H19N7/c1-3-7-17(8-4-1)15-25-21-20-22(30(16-26-20)19-9-5-2-6-10-19)29-23(28-21)27-18-11-13-24-14-12-18/h1-14,16H,15H2,(H2,24,25,27,28,29). The number of para-hydroxylation sites is 1. The number of fused-ring (bicyclic) bond motifs is 1. The maximum Gasteiger partial charge on any atom is 0.231 e. The Morgan fingerprint density at radius 2 is 1.53 bits per heavy atom. The average Bonchev–Trinajstić information content (AvgIpc) is 3.23. The van der Waals surface area contributed by atoms with Gasteiger partial charge in [-0.1, -0.05) is 48.5 Å². The van der Waals surface area contributed by atoms with Gasteiger partial charge in [-0.15, -0.1) is 0 Å². The van der Waals surface area contributed by atoms with Gasteiger partial charge < -0.3 is 10.6 Å². The first-order valence-electron chi connectivity index (χ1n) is 9.62. The van der Waals surface area contributed by atoms with E-state index in [1.54, 1.807) is 18.7 Å². The van der Waals surface area contributed by atoms with E-state index in [1.165, 1.54) is 0 Å². The highest BCUT2D eigenvalue weighted by Gasteiger charge is 2.14. The second-order valence-corrected chi connectivity index (χ2v) is 6.72. The van der Waals surface area contributed by atoms with E-state index in [0.29, 0.717) is 18.3 Å². The maximum absolute atomic E-state index is 4.74. The van der Waals surface area contributed by atoms with Crippen LogP contribution in [0.3, 0.4) is 0 Å². The summed E-state index contributed by atoms with van der Waals surface area (Å²) in [5, 5.41) is 6.68. The van der Waals surface area contributed by atoms with Crippen LogP contribution in [-0.2, 0) is 6.54 Å². The largest absolute Gasteiger partial charge is 0.364 e. The summed E-state index contributed by atoms with van der Waals surface area (Å²) in [4.78, 5) is 18.1. The third-order valence-corrected chi connectivity index (χ3v) is 4.67. The predicted octanol–water partition coefficient (Wildman–Crippen LogP) is 4.57. The molecule has 0 bridgehead atoms. The van der Waals surface area contributed by atoms with Crippen LogP contribution in [0.5, 0.6) is 0 Å². The molecule has 5 rings (SSSR count). The van der Waals surface area contributed by atoms with Gasteiger partial charge in [0.1, 0.15) is 6.33 Å². The van der Waals surface area contributed by atoms with Crippen molar-refractivity contribution in [2.24, 2.45) is 0 Å². The molecule has 0 spiro atoms. The molecule has 0 aliphatic rings. The molecule has 0 saturated heterocycles. The van der Waals surface area contributed by atoms with Gasteiger partial charge >= 0.3 is 0 Å². The molecule has 0 atom stereocenters. The van der Waals surface area contributed by atoms with Crippen molar-refractivity contribution in [2.75, 3.05) is 10.6 Å². The van der Waals surface area contributed by atoms with Gasteiger partial charge in [-0.3, -0.25) is 9.55 Å². The summed E-state index contributed by atoms with van der Waals surface area (Å²) in [6.07, 6.45) is 5.23. The number of nitrogens with zero attached hydrogens (tertiary/aromatic N) is 5. The third kappa shape index (κ3) is 3.68. The summed E-state index contributed by atoms with van der Waals surface area (Å²) in [5.74, 6) is 1.16. The normalized spacial score (nSPS) is 10.8. The molecule has 5 aromatic rings. The van der Waals surface area contributed by atoms with Gasteiger partial charge in [0.05, 0.1) is 0 Å². The third-order valence-electron chi connectivity index (χ3n) is 4.67. The zero-order valence-corrected chi connectivity index (χ0v) is 16.1. The van der Waals surface area contributed by atoms with Gasteiger partial charge in [0.2, 0.25) is 5.95 Å². The lowest BCUT2D eigenvalue weighted by atomic mass is 10.2. The Morgan fingerprint density at radius 3 is 2.30 bits per heavy atom. The predicted molar refractivity (Wildman–Crippen MR) is 118 cm³/mol. The van der Waals surface area contributed by atoms with Crippen LogP contribution >= 0.6 is 0 Å². The highest BCUT2D eigenvalue weighted by molar-refractivity contribution is 5.85. The quantitative estimate of drug-likeness (QED) is 0.440. The molecule has 7 heteroatoms. The number of imidazole rings is 1. The van der Waals surface area contributed by atoms with E-state index in [1.807, 2.05) is 65.2 Å². The molecular formula is C23H19N7. The number of hydrogen-bond acceptors (Lipinski definition) is 6. The molecule has 0 saturated carbocycles. The van der Waals surface area contributed by atoms with Gasteiger partial charge in [0.25, 0.3) is 0 Å². The lowest BCUT2D eigenvalue weighted by Gasteiger charge is -2.11. The minimum Gasteiger partial charge on any atom is -0.364 e. The Labute approximate surface area is 173 Å².